The minimum Gasteiger partial charge on any atom is -0.0651 e. The third kappa shape index (κ3) is 2.80. The van der Waals surface area contributed by atoms with Gasteiger partial charge in [-0.25, -0.2) is 0 Å². The second kappa shape index (κ2) is 6.13. The Kier molecular flexibility index (Phi) is 3.82. The maximum atomic E-state index is 2.31. The Morgan fingerprint density at radius 2 is 1.21 bits per heavy atom. The van der Waals surface area contributed by atoms with Crippen molar-refractivity contribution in [2.75, 3.05) is 0 Å². The van der Waals surface area contributed by atoms with Crippen LogP contribution in [0.2, 0.25) is 0 Å². The van der Waals surface area contributed by atoms with E-state index in [4.69, 9.17) is 0 Å². The fourth-order valence-corrected chi connectivity index (χ4v) is 3.45. The van der Waals surface area contributed by atoms with Crippen molar-refractivity contribution in [1.29, 1.82) is 0 Å². The molecule has 0 unspecified atom stereocenters. The normalized spacial score (nSPS) is 11.2. The summed E-state index contributed by atoms with van der Waals surface area (Å²) >= 11 is 0. The Morgan fingerprint density at radius 1 is 0.583 bits per heavy atom. The Bertz CT molecular complexity index is 1010. The zero-order valence-electron chi connectivity index (χ0n) is 14.3. The smallest absolute Gasteiger partial charge is 0.0171 e. The van der Waals surface area contributed by atoms with Crippen molar-refractivity contribution in [3.05, 3.63) is 83.9 Å². The molecule has 0 aromatic heterocycles. The number of rotatable bonds is 3. The standard InChI is InChI=1S/C24H22/c1-3-4-18-6-9-19(10-7-18)20-11-12-22-15-23-13-17(2)5-8-21(23)16-24(22)14-20/h5-16H,3-4H2,1-2H3. The summed E-state index contributed by atoms with van der Waals surface area (Å²) in [4.78, 5) is 0. The minimum absolute atomic E-state index is 1.16. The van der Waals surface area contributed by atoms with Crippen LogP contribution in [0.15, 0.2) is 72.8 Å². The largest absolute Gasteiger partial charge is 0.0651 e. The molecule has 0 bridgehead atoms. The van der Waals surface area contributed by atoms with E-state index >= 15 is 0 Å². The van der Waals surface area contributed by atoms with Gasteiger partial charge in [0.15, 0.2) is 0 Å². The predicted molar refractivity (Wildman–Crippen MR) is 106 cm³/mol. The van der Waals surface area contributed by atoms with Gasteiger partial charge in [0.1, 0.15) is 0 Å². The van der Waals surface area contributed by atoms with Crippen molar-refractivity contribution in [3.8, 4) is 11.1 Å². The molecule has 118 valence electrons. The van der Waals surface area contributed by atoms with Gasteiger partial charge in [0.2, 0.25) is 0 Å². The van der Waals surface area contributed by atoms with Crippen molar-refractivity contribution < 1.29 is 0 Å². The van der Waals surface area contributed by atoms with E-state index in [2.05, 4.69) is 86.6 Å². The van der Waals surface area contributed by atoms with Crippen LogP contribution in [0.1, 0.15) is 24.5 Å². The lowest BCUT2D eigenvalue weighted by atomic mass is 9.97. The minimum atomic E-state index is 1.16. The molecule has 4 aromatic carbocycles. The van der Waals surface area contributed by atoms with Crippen LogP contribution in [0.3, 0.4) is 0 Å². The zero-order chi connectivity index (χ0) is 16.5. The second-order valence-corrected chi connectivity index (χ2v) is 6.71. The number of fused-ring (bicyclic) bond motifs is 2. The molecule has 0 fully saturated rings. The molecule has 0 amide bonds. The first kappa shape index (κ1) is 15.0. The predicted octanol–water partition coefficient (Wildman–Crippen LogP) is 6.92. The summed E-state index contributed by atoms with van der Waals surface area (Å²) in [6.07, 6.45) is 2.35. The topological polar surface area (TPSA) is 0 Å². The van der Waals surface area contributed by atoms with Crippen LogP contribution in [-0.4, -0.2) is 0 Å². The Morgan fingerprint density at radius 3 is 1.92 bits per heavy atom. The van der Waals surface area contributed by atoms with E-state index < -0.39 is 0 Å². The molecule has 0 nitrogen and oxygen atoms in total. The first-order valence-electron chi connectivity index (χ1n) is 8.76. The molecule has 0 radical (unpaired) electrons. The molecule has 0 aliphatic heterocycles. The highest BCUT2D eigenvalue weighted by atomic mass is 14.1. The fourth-order valence-electron chi connectivity index (χ4n) is 3.45. The molecule has 0 heterocycles. The molecule has 4 rings (SSSR count). The number of hydrogen-bond donors (Lipinski definition) is 0. The first-order valence-corrected chi connectivity index (χ1v) is 8.76. The molecular formula is C24H22. The summed E-state index contributed by atoms with van der Waals surface area (Å²) in [6.45, 7) is 4.37. The van der Waals surface area contributed by atoms with E-state index in [0.717, 1.165) is 6.42 Å². The van der Waals surface area contributed by atoms with Gasteiger partial charge >= 0.3 is 0 Å². The molecule has 0 aliphatic rings. The molecule has 0 saturated heterocycles. The highest BCUT2D eigenvalue weighted by Crippen LogP contribution is 2.28. The number of hydrogen-bond acceptors (Lipinski definition) is 0. The van der Waals surface area contributed by atoms with E-state index in [9.17, 15) is 0 Å². The summed E-state index contributed by atoms with van der Waals surface area (Å²) in [5, 5.41) is 5.24. The van der Waals surface area contributed by atoms with E-state index in [1.807, 2.05) is 0 Å². The quantitative estimate of drug-likeness (QED) is 0.360. The van der Waals surface area contributed by atoms with E-state index in [-0.39, 0.29) is 0 Å². The van der Waals surface area contributed by atoms with Crippen LogP contribution < -0.4 is 0 Å². The third-order valence-corrected chi connectivity index (χ3v) is 4.78. The van der Waals surface area contributed by atoms with Gasteiger partial charge in [-0.15, -0.1) is 0 Å². The van der Waals surface area contributed by atoms with Crippen molar-refractivity contribution in [1.82, 2.24) is 0 Å². The van der Waals surface area contributed by atoms with Gasteiger partial charge in [-0.2, -0.15) is 0 Å². The van der Waals surface area contributed by atoms with Gasteiger partial charge in [0.25, 0.3) is 0 Å². The Balaban J connectivity index is 1.79. The van der Waals surface area contributed by atoms with E-state index in [1.54, 1.807) is 0 Å². The van der Waals surface area contributed by atoms with Crippen LogP contribution in [0.5, 0.6) is 0 Å². The summed E-state index contributed by atoms with van der Waals surface area (Å²) in [7, 11) is 0. The van der Waals surface area contributed by atoms with Gasteiger partial charge < -0.3 is 0 Å². The van der Waals surface area contributed by atoms with Crippen LogP contribution in [0, 0.1) is 6.92 Å². The van der Waals surface area contributed by atoms with Crippen LogP contribution in [-0.2, 0) is 6.42 Å². The number of benzene rings is 4. The van der Waals surface area contributed by atoms with Crippen molar-refractivity contribution in [2.24, 2.45) is 0 Å². The van der Waals surface area contributed by atoms with Gasteiger partial charge in [0.05, 0.1) is 0 Å². The lowest BCUT2D eigenvalue weighted by Crippen LogP contribution is -1.84. The van der Waals surface area contributed by atoms with Crippen molar-refractivity contribution in [2.45, 2.75) is 26.7 Å². The van der Waals surface area contributed by atoms with Crippen LogP contribution in [0.25, 0.3) is 32.7 Å². The summed E-state index contributed by atoms with van der Waals surface area (Å²) in [5.74, 6) is 0. The van der Waals surface area contributed by atoms with Crippen molar-refractivity contribution >= 4 is 21.5 Å². The third-order valence-electron chi connectivity index (χ3n) is 4.78. The van der Waals surface area contributed by atoms with Gasteiger partial charge in [-0.1, -0.05) is 73.5 Å². The van der Waals surface area contributed by atoms with Gasteiger partial charge in [-0.3, -0.25) is 0 Å². The van der Waals surface area contributed by atoms with Gasteiger partial charge in [-0.05, 0) is 69.8 Å². The molecular weight excluding hydrogens is 288 g/mol. The van der Waals surface area contributed by atoms with Crippen LogP contribution in [0.4, 0.5) is 0 Å². The molecule has 0 aliphatic carbocycles. The monoisotopic (exact) mass is 310 g/mol. The first-order chi connectivity index (χ1) is 11.7. The maximum absolute atomic E-state index is 2.31. The molecule has 0 N–H and O–H groups in total. The lowest BCUT2D eigenvalue weighted by Gasteiger charge is -2.08. The highest BCUT2D eigenvalue weighted by Gasteiger charge is 2.03. The molecule has 0 spiro atoms. The lowest BCUT2D eigenvalue weighted by molar-refractivity contribution is 0.922. The Labute approximate surface area is 143 Å². The summed E-state index contributed by atoms with van der Waals surface area (Å²) < 4.78 is 0. The fraction of sp³-hybridized carbons (Fsp3) is 0.167. The SMILES string of the molecule is CCCc1ccc(-c2ccc3cc4cc(C)ccc4cc3c2)cc1. The van der Waals surface area contributed by atoms with E-state index in [1.165, 1.54) is 50.2 Å². The van der Waals surface area contributed by atoms with Gasteiger partial charge in [0, 0.05) is 0 Å². The molecule has 0 heteroatoms. The highest BCUT2D eigenvalue weighted by molar-refractivity contribution is 5.99. The Hall–Kier alpha value is -2.60. The molecule has 4 aromatic rings. The number of aryl methyl sites for hydroxylation is 2. The second-order valence-electron chi connectivity index (χ2n) is 6.71. The zero-order valence-corrected chi connectivity index (χ0v) is 14.3. The van der Waals surface area contributed by atoms with Crippen LogP contribution >= 0.6 is 0 Å². The summed E-state index contributed by atoms with van der Waals surface area (Å²) in [6, 6.07) is 27.1. The molecule has 24 heavy (non-hydrogen) atoms. The average Bonchev–Trinajstić information content (AvgIpc) is 2.60. The maximum Gasteiger partial charge on any atom is -0.0171 e. The van der Waals surface area contributed by atoms with E-state index in [0.29, 0.717) is 0 Å². The molecule has 0 saturated carbocycles. The average molecular weight is 310 g/mol. The molecule has 0 atom stereocenters. The summed E-state index contributed by atoms with van der Waals surface area (Å²) in [5.41, 5.74) is 5.31. The van der Waals surface area contributed by atoms with Crippen molar-refractivity contribution in [3.63, 3.8) is 0 Å².